The molecule has 0 spiro atoms. The highest BCUT2D eigenvalue weighted by Gasteiger charge is 2.20. The van der Waals surface area contributed by atoms with Gasteiger partial charge in [0, 0.05) is 29.7 Å². The van der Waals surface area contributed by atoms with Crippen LogP contribution in [0.1, 0.15) is 30.6 Å². The molecular weight excluding hydrogens is 250 g/mol. The van der Waals surface area contributed by atoms with Crippen LogP contribution in [0.5, 0.6) is 0 Å². The van der Waals surface area contributed by atoms with Gasteiger partial charge < -0.3 is 10.6 Å². The summed E-state index contributed by atoms with van der Waals surface area (Å²) in [6.45, 7) is 5.33. The second kappa shape index (κ2) is 6.48. The summed E-state index contributed by atoms with van der Waals surface area (Å²) in [6, 6.07) is 9.62. The number of nitrogens with two attached hydrogens (primary N) is 1. The molecular formula is C16H21N3O. The van der Waals surface area contributed by atoms with Crippen LogP contribution in [0.15, 0.2) is 36.5 Å². The Bertz CT molecular complexity index is 590. The molecule has 2 rings (SSSR count). The number of hydrogen-bond donors (Lipinski definition) is 1. The molecule has 20 heavy (non-hydrogen) atoms. The molecule has 1 amide bonds. The summed E-state index contributed by atoms with van der Waals surface area (Å²) in [5.41, 5.74) is 7.12. The molecule has 0 aliphatic rings. The van der Waals surface area contributed by atoms with E-state index in [4.69, 9.17) is 5.73 Å². The smallest absolute Gasteiger partial charge is 0.254 e. The number of pyridine rings is 1. The van der Waals surface area contributed by atoms with Crippen molar-refractivity contribution >= 4 is 16.8 Å². The Morgan fingerprint density at radius 2 is 2.10 bits per heavy atom. The first-order chi connectivity index (χ1) is 9.65. The van der Waals surface area contributed by atoms with Crippen LogP contribution in [0.25, 0.3) is 10.9 Å². The van der Waals surface area contributed by atoms with Gasteiger partial charge in [0.05, 0.1) is 5.52 Å². The van der Waals surface area contributed by atoms with E-state index in [2.05, 4.69) is 4.98 Å². The first-order valence-corrected chi connectivity index (χ1v) is 7.00. The molecule has 0 saturated carbocycles. The Morgan fingerprint density at radius 1 is 1.30 bits per heavy atom. The highest BCUT2D eigenvalue weighted by molar-refractivity contribution is 6.06. The number of aromatic nitrogens is 1. The number of carbonyl (C=O) groups is 1. The highest BCUT2D eigenvalue weighted by Crippen LogP contribution is 2.19. The summed E-state index contributed by atoms with van der Waals surface area (Å²) in [5, 5.41) is 0.901. The van der Waals surface area contributed by atoms with Crippen LogP contribution < -0.4 is 5.73 Å². The van der Waals surface area contributed by atoms with E-state index in [1.807, 2.05) is 49.1 Å². The van der Waals surface area contributed by atoms with Gasteiger partial charge in [-0.05, 0) is 45.0 Å². The van der Waals surface area contributed by atoms with Crippen LogP contribution >= 0.6 is 0 Å². The van der Waals surface area contributed by atoms with Crippen molar-refractivity contribution in [2.45, 2.75) is 26.3 Å². The molecule has 0 fully saturated rings. The van der Waals surface area contributed by atoms with Gasteiger partial charge in [0.25, 0.3) is 5.91 Å². The van der Waals surface area contributed by atoms with E-state index in [1.165, 1.54) is 0 Å². The maximum atomic E-state index is 12.8. The molecule has 106 valence electrons. The molecule has 0 saturated heterocycles. The summed E-state index contributed by atoms with van der Waals surface area (Å²) in [6.07, 6.45) is 2.55. The summed E-state index contributed by atoms with van der Waals surface area (Å²) in [4.78, 5) is 18.9. The third-order valence-electron chi connectivity index (χ3n) is 3.36. The minimum Gasteiger partial charge on any atom is -0.336 e. The average Bonchev–Trinajstić information content (AvgIpc) is 2.46. The van der Waals surface area contributed by atoms with Crippen molar-refractivity contribution in [2.75, 3.05) is 13.1 Å². The molecule has 0 atom stereocenters. The zero-order chi connectivity index (χ0) is 14.5. The van der Waals surface area contributed by atoms with Crippen LogP contribution in [-0.4, -0.2) is 34.9 Å². The summed E-state index contributed by atoms with van der Waals surface area (Å²) in [7, 11) is 0. The molecule has 4 nitrogen and oxygen atoms in total. The Hall–Kier alpha value is -1.94. The van der Waals surface area contributed by atoms with Gasteiger partial charge in [0.15, 0.2) is 0 Å². The lowest BCUT2D eigenvalue weighted by Gasteiger charge is -2.27. The minimum absolute atomic E-state index is 0.0482. The van der Waals surface area contributed by atoms with Crippen molar-refractivity contribution in [1.29, 1.82) is 0 Å². The quantitative estimate of drug-likeness (QED) is 0.908. The number of rotatable bonds is 5. The number of hydrogen-bond acceptors (Lipinski definition) is 3. The van der Waals surface area contributed by atoms with Gasteiger partial charge in [-0.3, -0.25) is 9.78 Å². The summed E-state index contributed by atoms with van der Waals surface area (Å²) < 4.78 is 0. The largest absolute Gasteiger partial charge is 0.336 e. The molecule has 0 bridgehead atoms. The van der Waals surface area contributed by atoms with Gasteiger partial charge in [-0.25, -0.2) is 0 Å². The Morgan fingerprint density at radius 3 is 2.80 bits per heavy atom. The lowest BCUT2D eigenvalue weighted by atomic mass is 10.1. The summed E-state index contributed by atoms with van der Waals surface area (Å²) >= 11 is 0. The van der Waals surface area contributed by atoms with Gasteiger partial charge in [-0.15, -0.1) is 0 Å². The number of amides is 1. The van der Waals surface area contributed by atoms with Crippen molar-refractivity contribution < 1.29 is 4.79 Å². The number of benzene rings is 1. The van der Waals surface area contributed by atoms with E-state index in [0.29, 0.717) is 18.7 Å². The predicted octanol–water partition coefficient (Wildman–Crippen LogP) is 2.43. The lowest BCUT2D eigenvalue weighted by molar-refractivity contribution is 0.0707. The molecule has 1 aromatic carbocycles. The predicted molar refractivity (Wildman–Crippen MR) is 81.6 cm³/mol. The van der Waals surface area contributed by atoms with Crippen molar-refractivity contribution in [3.05, 3.63) is 42.1 Å². The van der Waals surface area contributed by atoms with Crippen LogP contribution in [0.3, 0.4) is 0 Å². The van der Waals surface area contributed by atoms with Crippen molar-refractivity contribution in [3.8, 4) is 0 Å². The molecule has 1 heterocycles. The highest BCUT2D eigenvalue weighted by atomic mass is 16.2. The van der Waals surface area contributed by atoms with E-state index >= 15 is 0 Å². The van der Waals surface area contributed by atoms with Crippen molar-refractivity contribution in [1.82, 2.24) is 9.88 Å². The van der Waals surface area contributed by atoms with Crippen LogP contribution in [0.4, 0.5) is 0 Å². The standard InChI is InChI=1S/C16H21N3O/c1-12(2)19(11-5-9-17)16(20)14-6-3-8-15-13(14)7-4-10-18-15/h3-4,6-8,10,12H,5,9,11,17H2,1-2H3. The third-order valence-corrected chi connectivity index (χ3v) is 3.36. The molecule has 0 unspecified atom stereocenters. The van der Waals surface area contributed by atoms with E-state index in [1.54, 1.807) is 6.20 Å². The minimum atomic E-state index is 0.0482. The third kappa shape index (κ3) is 2.96. The molecule has 0 aliphatic heterocycles. The van der Waals surface area contributed by atoms with Gasteiger partial charge >= 0.3 is 0 Å². The van der Waals surface area contributed by atoms with Crippen LogP contribution in [-0.2, 0) is 0 Å². The van der Waals surface area contributed by atoms with Gasteiger partial charge in [0.1, 0.15) is 0 Å². The number of carbonyl (C=O) groups excluding carboxylic acids is 1. The van der Waals surface area contributed by atoms with Gasteiger partial charge in [-0.1, -0.05) is 12.1 Å². The first-order valence-electron chi connectivity index (χ1n) is 7.00. The molecule has 0 radical (unpaired) electrons. The number of nitrogens with zero attached hydrogens (tertiary/aromatic N) is 2. The molecule has 2 aromatic rings. The Labute approximate surface area is 119 Å². The zero-order valence-electron chi connectivity index (χ0n) is 12.0. The second-order valence-corrected chi connectivity index (χ2v) is 5.11. The normalized spacial score (nSPS) is 11.0. The second-order valence-electron chi connectivity index (χ2n) is 5.11. The monoisotopic (exact) mass is 271 g/mol. The van der Waals surface area contributed by atoms with E-state index in [0.717, 1.165) is 17.3 Å². The van der Waals surface area contributed by atoms with E-state index in [-0.39, 0.29) is 11.9 Å². The lowest BCUT2D eigenvalue weighted by Crippen LogP contribution is -2.38. The van der Waals surface area contributed by atoms with Crippen molar-refractivity contribution in [3.63, 3.8) is 0 Å². The fraction of sp³-hybridized carbons (Fsp3) is 0.375. The van der Waals surface area contributed by atoms with Crippen LogP contribution in [0.2, 0.25) is 0 Å². The maximum absolute atomic E-state index is 12.8. The summed E-state index contributed by atoms with van der Waals surface area (Å²) in [5.74, 6) is 0.0482. The molecule has 1 aromatic heterocycles. The fourth-order valence-corrected chi connectivity index (χ4v) is 2.30. The average molecular weight is 271 g/mol. The van der Waals surface area contributed by atoms with Gasteiger partial charge in [-0.2, -0.15) is 0 Å². The number of fused-ring (bicyclic) bond motifs is 1. The van der Waals surface area contributed by atoms with Gasteiger partial charge in [0.2, 0.25) is 0 Å². The SMILES string of the molecule is CC(C)N(CCCN)C(=O)c1cccc2ncccc12. The topological polar surface area (TPSA) is 59.2 Å². The molecule has 0 aliphatic carbocycles. The maximum Gasteiger partial charge on any atom is 0.254 e. The Balaban J connectivity index is 2.38. The first kappa shape index (κ1) is 14.5. The Kier molecular flexibility index (Phi) is 4.69. The molecule has 4 heteroatoms. The zero-order valence-corrected chi connectivity index (χ0v) is 12.0. The van der Waals surface area contributed by atoms with Crippen molar-refractivity contribution in [2.24, 2.45) is 5.73 Å². The van der Waals surface area contributed by atoms with E-state index < -0.39 is 0 Å². The van der Waals surface area contributed by atoms with Crippen LogP contribution in [0, 0.1) is 0 Å². The fourth-order valence-electron chi connectivity index (χ4n) is 2.30. The molecule has 2 N–H and O–H groups in total. The van der Waals surface area contributed by atoms with E-state index in [9.17, 15) is 4.79 Å².